The number of amides is 2. The summed E-state index contributed by atoms with van der Waals surface area (Å²) in [6, 6.07) is 6.61. The Bertz CT molecular complexity index is 753. The van der Waals surface area contributed by atoms with Gasteiger partial charge in [0.25, 0.3) is 11.8 Å². The molecular formula is C24H32N2O6. The Morgan fingerprint density at radius 1 is 0.750 bits per heavy atom. The predicted molar refractivity (Wildman–Crippen MR) is 121 cm³/mol. The number of nitrogens with zero attached hydrogens (tertiary/aromatic N) is 2. The fourth-order valence-corrected chi connectivity index (χ4v) is 3.00. The Morgan fingerprint density at radius 3 is 1.44 bits per heavy atom. The first-order valence-electron chi connectivity index (χ1n) is 10.6. The molecule has 0 radical (unpaired) electrons. The number of benzene rings is 1. The number of rotatable bonds is 14. The summed E-state index contributed by atoms with van der Waals surface area (Å²) in [6.45, 7) is 11.9. The summed E-state index contributed by atoms with van der Waals surface area (Å²) < 4.78 is 10.0. The van der Waals surface area contributed by atoms with Crippen molar-refractivity contribution in [1.29, 1.82) is 0 Å². The van der Waals surface area contributed by atoms with Crippen molar-refractivity contribution in [3.8, 4) is 0 Å². The van der Waals surface area contributed by atoms with Gasteiger partial charge in [-0.3, -0.25) is 9.59 Å². The lowest BCUT2D eigenvalue weighted by Crippen LogP contribution is -2.39. The van der Waals surface area contributed by atoms with E-state index in [9.17, 15) is 19.2 Å². The lowest BCUT2D eigenvalue weighted by atomic mass is 10.0. The van der Waals surface area contributed by atoms with E-state index >= 15 is 0 Å². The summed E-state index contributed by atoms with van der Waals surface area (Å²) in [5, 5.41) is 0. The van der Waals surface area contributed by atoms with E-state index in [-0.39, 0.29) is 49.2 Å². The van der Waals surface area contributed by atoms with Crippen LogP contribution in [0.25, 0.3) is 0 Å². The number of hydrogen-bond acceptors (Lipinski definition) is 6. The standard InChI is InChI=1S/C24H32N2O6/c1-5-13-25(15-17-31-21(27)7-3)23(29)19-11-9-10-12-20(19)24(30)26(14-6-2)16-18-32-22(28)8-4/h7-12H,3-6,13-18H2,1-2H3. The van der Waals surface area contributed by atoms with Gasteiger partial charge in [-0.25, -0.2) is 9.59 Å². The van der Waals surface area contributed by atoms with E-state index in [1.807, 2.05) is 13.8 Å². The molecule has 1 rings (SSSR count). The first-order chi connectivity index (χ1) is 15.4. The molecule has 0 saturated heterocycles. The molecule has 0 heterocycles. The van der Waals surface area contributed by atoms with Crippen LogP contribution >= 0.6 is 0 Å². The second kappa shape index (κ2) is 14.6. The van der Waals surface area contributed by atoms with Gasteiger partial charge in [-0.1, -0.05) is 39.1 Å². The summed E-state index contributed by atoms with van der Waals surface area (Å²) >= 11 is 0. The van der Waals surface area contributed by atoms with Crippen LogP contribution in [0.3, 0.4) is 0 Å². The van der Waals surface area contributed by atoms with Crippen LogP contribution in [0.2, 0.25) is 0 Å². The predicted octanol–water partition coefficient (Wildman–Crippen LogP) is 2.85. The van der Waals surface area contributed by atoms with E-state index in [4.69, 9.17) is 9.47 Å². The third kappa shape index (κ3) is 8.37. The van der Waals surface area contributed by atoms with E-state index in [1.54, 1.807) is 34.1 Å². The average molecular weight is 445 g/mol. The summed E-state index contributed by atoms with van der Waals surface area (Å²) in [7, 11) is 0. The van der Waals surface area contributed by atoms with Crippen molar-refractivity contribution < 1.29 is 28.7 Å². The molecule has 32 heavy (non-hydrogen) atoms. The number of carbonyl (C=O) groups is 4. The highest BCUT2D eigenvalue weighted by molar-refractivity contribution is 6.07. The van der Waals surface area contributed by atoms with Crippen molar-refractivity contribution in [1.82, 2.24) is 9.80 Å². The van der Waals surface area contributed by atoms with Crippen LogP contribution in [0.1, 0.15) is 47.4 Å². The van der Waals surface area contributed by atoms with Gasteiger partial charge in [0.15, 0.2) is 0 Å². The average Bonchev–Trinajstić information content (AvgIpc) is 2.81. The Morgan fingerprint density at radius 2 is 1.12 bits per heavy atom. The molecule has 8 nitrogen and oxygen atoms in total. The monoisotopic (exact) mass is 444 g/mol. The highest BCUT2D eigenvalue weighted by Gasteiger charge is 2.24. The largest absolute Gasteiger partial charge is 0.461 e. The quantitative estimate of drug-likeness (QED) is 0.324. The van der Waals surface area contributed by atoms with Gasteiger partial charge in [0.05, 0.1) is 24.2 Å². The number of carbonyl (C=O) groups excluding carboxylic acids is 4. The summed E-state index contributed by atoms with van der Waals surface area (Å²) in [4.78, 5) is 52.2. The van der Waals surface area contributed by atoms with Crippen LogP contribution in [-0.2, 0) is 19.1 Å². The third-order valence-electron chi connectivity index (χ3n) is 4.49. The molecule has 0 bridgehead atoms. The van der Waals surface area contributed by atoms with Crippen molar-refractivity contribution >= 4 is 23.8 Å². The van der Waals surface area contributed by atoms with Crippen LogP contribution in [0.4, 0.5) is 0 Å². The SMILES string of the molecule is C=CC(=O)OCCN(CCC)C(=O)c1ccccc1C(=O)N(CCC)CCOC(=O)C=C. The molecule has 1 aromatic rings. The molecule has 0 spiro atoms. The van der Waals surface area contributed by atoms with Gasteiger partial charge in [0.2, 0.25) is 0 Å². The first-order valence-corrected chi connectivity index (χ1v) is 10.6. The molecule has 0 unspecified atom stereocenters. The van der Waals surface area contributed by atoms with Gasteiger partial charge in [-0.15, -0.1) is 0 Å². The smallest absolute Gasteiger partial charge is 0.330 e. The number of ether oxygens (including phenoxy) is 2. The van der Waals surface area contributed by atoms with Crippen molar-refractivity contribution in [2.75, 3.05) is 39.4 Å². The van der Waals surface area contributed by atoms with Crippen molar-refractivity contribution in [3.05, 3.63) is 60.7 Å². The fraction of sp³-hybridized carbons (Fsp3) is 0.417. The van der Waals surface area contributed by atoms with E-state index in [1.165, 1.54) is 0 Å². The zero-order valence-electron chi connectivity index (χ0n) is 18.9. The van der Waals surface area contributed by atoms with Crippen molar-refractivity contribution in [2.24, 2.45) is 0 Å². The Hall–Kier alpha value is -3.42. The molecule has 0 aliphatic heterocycles. The van der Waals surface area contributed by atoms with Crippen LogP contribution in [0.5, 0.6) is 0 Å². The van der Waals surface area contributed by atoms with Crippen molar-refractivity contribution in [2.45, 2.75) is 26.7 Å². The van der Waals surface area contributed by atoms with E-state index in [2.05, 4.69) is 13.2 Å². The zero-order chi connectivity index (χ0) is 23.9. The number of hydrogen-bond donors (Lipinski definition) is 0. The van der Waals surface area contributed by atoms with Crippen LogP contribution in [0, 0.1) is 0 Å². The van der Waals surface area contributed by atoms with Crippen LogP contribution in [-0.4, -0.2) is 72.9 Å². The Balaban J connectivity index is 3.04. The lowest BCUT2D eigenvalue weighted by Gasteiger charge is -2.25. The summed E-state index contributed by atoms with van der Waals surface area (Å²) in [5.74, 6) is -1.76. The maximum absolute atomic E-state index is 13.2. The second-order valence-electron chi connectivity index (χ2n) is 6.87. The summed E-state index contributed by atoms with van der Waals surface area (Å²) in [6.07, 6.45) is 3.53. The maximum atomic E-state index is 13.2. The molecule has 174 valence electrons. The molecule has 0 atom stereocenters. The molecule has 0 aliphatic carbocycles. The van der Waals surface area contributed by atoms with Crippen LogP contribution < -0.4 is 0 Å². The molecule has 0 aromatic heterocycles. The highest BCUT2D eigenvalue weighted by Crippen LogP contribution is 2.16. The van der Waals surface area contributed by atoms with E-state index in [0.717, 1.165) is 12.2 Å². The van der Waals surface area contributed by atoms with E-state index < -0.39 is 11.9 Å². The highest BCUT2D eigenvalue weighted by atomic mass is 16.5. The third-order valence-corrected chi connectivity index (χ3v) is 4.49. The minimum atomic E-state index is -0.558. The molecule has 1 aromatic carbocycles. The Labute approximate surface area is 189 Å². The van der Waals surface area contributed by atoms with Gasteiger partial charge < -0.3 is 19.3 Å². The number of esters is 2. The normalized spacial score (nSPS) is 10.1. The molecule has 0 saturated carbocycles. The fourth-order valence-electron chi connectivity index (χ4n) is 3.00. The molecule has 0 N–H and O–H groups in total. The zero-order valence-corrected chi connectivity index (χ0v) is 18.9. The molecule has 8 heteroatoms. The van der Waals surface area contributed by atoms with Crippen LogP contribution in [0.15, 0.2) is 49.6 Å². The topological polar surface area (TPSA) is 93.2 Å². The first kappa shape index (κ1) is 26.6. The maximum Gasteiger partial charge on any atom is 0.330 e. The second-order valence-corrected chi connectivity index (χ2v) is 6.87. The van der Waals surface area contributed by atoms with Gasteiger partial charge in [-0.2, -0.15) is 0 Å². The van der Waals surface area contributed by atoms with Gasteiger partial charge in [0, 0.05) is 25.2 Å². The minimum Gasteiger partial charge on any atom is -0.461 e. The molecular weight excluding hydrogens is 412 g/mol. The van der Waals surface area contributed by atoms with Gasteiger partial charge in [0.1, 0.15) is 13.2 Å². The van der Waals surface area contributed by atoms with Crippen molar-refractivity contribution in [3.63, 3.8) is 0 Å². The van der Waals surface area contributed by atoms with E-state index in [0.29, 0.717) is 25.9 Å². The lowest BCUT2D eigenvalue weighted by molar-refractivity contribution is -0.138. The Kier molecular flexibility index (Phi) is 12.1. The minimum absolute atomic E-state index is 0.0311. The molecule has 0 aliphatic rings. The summed E-state index contributed by atoms with van der Waals surface area (Å²) in [5.41, 5.74) is 0.537. The van der Waals surface area contributed by atoms with Gasteiger partial charge in [-0.05, 0) is 25.0 Å². The molecule has 0 fully saturated rings. The van der Waals surface area contributed by atoms with Gasteiger partial charge >= 0.3 is 11.9 Å². The molecule has 2 amide bonds.